The molecule has 0 aliphatic carbocycles. The number of carbonyl (C=O) groups is 1. The smallest absolute Gasteiger partial charge is 0.232 e. The number of likely N-dealkylation sites (N-methyl/N-ethyl adjacent to an activating group) is 1. The van der Waals surface area contributed by atoms with E-state index in [9.17, 15) is 10.1 Å². The number of nitrogens with zero attached hydrogens (tertiary/aromatic N) is 4. The molecule has 0 radical (unpaired) electrons. The Morgan fingerprint density at radius 2 is 2.06 bits per heavy atom. The second kappa shape index (κ2) is 10.3. The number of nitriles is 1. The lowest BCUT2D eigenvalue weighted by Gasteiger charge is -2.33. The highest BCUT2D eigenvalue weighted by atomic mass is 16.5. The molecule has 0 saturated carbocycles. The van der Waals surface area contributed by atoms with Crippen molar-refractivity contribution in [3.8, 4) is 17.6 Å². The molecule has 7 nitrogen and oxygen atoms in total. The third-order valence-electron chi connectivity index (χ3n) is 7.18. The predicted molar refractivity (Wildman–Crippen MR) is 135 cm³/mol. The summed E-state index contributed by atoms with van der Waals surface area (Å²) in [7, 11) is 3.81. The zero-order valence-electron chi connectivity index (χ0n) is 20.7. The van der Waals surface area contributed by atoms with E-state index in [0.29, 0.717) is 23.5 Å². The van der Waals surface area contributed by atoms with Crippen molar-refractivity contribution < 1.29 is 9.53 Å². The second-order valence-corrected chi connectivity index (χ2v) is 9.43. The number of ether oxygens (including phenoxy) is 1. The van der Waals surface area contributed by atoms with Crippen LogP contribution in [0.5, 0.6) is 11.5 Å². The van der Waals surface area contributed by atoms with Crippen LogP contribution in [0.1, 0.15) is 61.0 Å². The molecule has 2 aromatic carbocycles. The highest BCUT2D eigenvalue weighted by Crippen LogP contribution is 2.39. The number of benzene rings is 2. The van der Waals surface area contributed by atoms with Crippen molar-refractivity contribution in [3.05, 3.63) is 77.4 Å². The molecule has 1 saturated heterocycles. The summed E-state index contributed by atoms with van der Waals surface area (Å²) in [6, 6.07) is 15.3. The fraction of sp³-hybridized carbons (Fsp3) is 0.393. The average Bonchev–Trinajstić information content (AvgIpc) is 3.24. The van der Waals surface area contributed by atoms with E-state index in [1.165, 1.54) is 0 Å². The summed E-state index contributed by atoms with van der Waals surface area (Å²) < 4.78 is 8.16. The Kier molecular flexibility index (Phi) is 7.23. The van der Waals surface area contributed by atoms with Gasteiger partial charge in [0.1, 0.15) is 17.6 Å². The summed E-state index contributed by atoms with van der Waals surface area (Å²) in [6.07, 6.45) is 7.65. The van der Waals surface area contributed by atoms with Crippen molar-refractivity contribution in [2.45, 2.75) is 50.5 Å². The topological polar surface area (TPSA) is 97.2 Å². The number of rotatable bonds is 7. The molecule has 35 heavy (non-hydrogen) atoms. The number of carbonyl (C=O) groups excluding carboxylic acids is 1. The molecule has 3 aromatic rings. The molecule has 1 aromatic heterocycles. The van der Waals surface area contributed by atoms with Gasteiger partial charge in [-0.15, -0.1) is 0 Å². The largest absolute Gasteiger partial charge is 0.456 e. The lowest BCUT2D eigenvalue weighted by Crippen LogP contribution is -2.43. The van der Waals surface area contributed by atoms with Gasteiger partial charge < -0.3 is 19.9 Å². The number of aromatic nitrogens is 2. The molecule has 2 N–H and O–H groups in total. The van der Waals surface area contributed by atoms with Gasteiger partial charge in [-0.3, -0.25) is 4.79 Å². The Morgan fingerprint density at radius 1 is 1.23 bits per heavy atom. The molecule has 0 bridgehead atoms. The quantitative estimate of drug-likeness (QED) is 0.542. The van der Waals surface area contributed by atoms with Gasteiger partial charge in [0.2, 0.25) is 5.91 Å². The molecule has 1 aliphatic heterocycles. The molecule has 1 aliphatic rings. The minimum atomic E-state index is -0.555. The van der Waals surface area contributed by atoms with Crippen molar-refractivity contribution in [2.75, 3.05) is 13.6 Å². The van der Waals surface area contributed by atoms with Crippen molar-refractivity contribution in [1.29, 1.82) is 5.26 Å². The number of nitrogens with two attached hydrogens (primary N) is 1. The number of hydrogen-bond acceptors (Lipinski definition) is 5. The predicted octanol–water partition coefficient (Wildman–Crippen LogP) is 4.62. The molecule has 2 atom stereocenters. The van der Waals surface area contributed by atoms with Crippen molar-refractivity contribution in [3.63, 3.8) is 0 Å². The first-order valence-electron chi connectivity index (χ1n) is 12.2. The zero-order chi connectivity index (χ0) is 25.0. The van der Waals surface area contributed by atoms with Gasteiger partial charge in [0.05, 0.1) is 29.0 Å². The standard InChI is InChI=1S/C28H33N5O2/c1-4-28(12-5-6-13-32(2)27(28)34)22-8-7-9-23(16-22)35-26-15-20(10-11-21(26)17-29)14-24(30)25-18-31-19-33(25)3/h7-11,15-16,18-19,24H,4-6,12-14,30H2,1-3H3. The highest BCUT2D eigenvalue weighted by Gasteiger charge is 2.41. The minimum Gasteiger partial charge on any atom is -0.456 e. The maximum absolute atomic E-state index is 13.4. The first-order valence-corrected chi connectivity index (χ1v) is 12.2. The molecule has 2 unspecified atom stereocenters. The number of likely N-dealkylation sites (tertiary alicyclic amines) is 1. The van der Waals surface area contributed by atoms with Gasteiger partial charge in [-0.2, -0.15) is 5.26 Å². The lowest BCUT2D eigenvalue weighted by atomic mass is 9.73. The third-order valence-corrected chi connectivity index (χ3v) is 7.18. The van der Waals surface area contributed by atoms with Gasteiger partial charge in [0.25, 0.3) is 0 Å². The van der Waals surface area contributed by atoms with Gasteiger partial charge in [0, 0.05) is 26.8 Å². The van der Waals surface area contributed by atoms with E-state index in [0.717, 1.165) is 49.0 Å². The summed E-state index contributed by atoms with van der Waals surface area (Å²) >= 11 is 0. The number of imidazole rings is 1. The minimum absolute atomic E-state index is 0.165. The summed E-state index contributed by atoms with van der Waals surface area (Å²) in [5.74, 6) is 1.26. The number of amides is 1. The summed E-state index contributed by atoms with van der Waals surface area (Å²) in [5.41, 5.74) is 9.17. The van der Waals surface area contributed by atoms with Crippen LogP contribution in [0.3, 0.4) is 0 Å². The van der Waals surface area contributed by atoms with Crippen molar-refractivity contribution in [1.82, 2.24) is 14.5 Å². The zero-order valence-corrected chi connectivity index (χ0v) is 20.7. The van der Waals surface area contributed by atoms with Gasteiger partial charge >= 0.3 is 0 Å². The van der Waals surface area contributed by atoms with E-state index in [-0.39, 0.29) is 11.9 Å². The molecule has 7 heteroatoms. The Morgan fingerprint density at radius 3 is 2.77 bits per heavy atom. The SMILES string of the molecule is CCC1(c2cccc(Oc3cc(CC(N)c4cncn4C)ccc3C#N)c2)CCCCN(C)C1=O. The molecule has 4 rings (SSSR count). The molecular weight excluding hydrogens is 438 g/mol. The van der Waals surface area contributed by atoms with E-state index < -0.39 is 5.41 Å². The van der Waals surface area contributed by atoms with E-state index in [2.05, 4.69) is 18.0 Å². The molecule has 2 heterocycles. The van der Waals surface area contributed by atoms with Gasteiger partial charge in [-0.25, -0.2) is 4.98 Å². The molecule has 1 fully saturated rings. The van der Waals surface area contributed by atoms with Crippen LogP contribution in [0, 0.1) is 11.3 Å². The van der Waals surface area contributed by atoms with Gasteiger partial charge in [-0.1, -0.05) is 31.5 Å². The van der Waals surface area contributed by atoms with Gasteiger partial charge in [0.15, 0.2) is 0 Å². The molecular formula is C28H33N5O2. The fourth-order valence-corrected chi connectivity index (χ4v) is 5.09. The normalized spacial score (nSPS) is 19.2. The summed E-state index contributed by atoms with van der Waals surface area (Å²) in [5, 5.41) is 9.67. The first kappa shape index (κ1) is 24.5. The van der Waals surface area contributed by atoms with Crippen LogP contribution in [0.15, 0.2) is 55.0 Å². The third kappa shape index (κ3) is 4.94. The Balaban J connectivity index is 1.62. The maximum atomic E-state index is 13.4. The molecule has 1 amide bonds. The molecule has 0 spiro atoms. The van der Waals surface area contributed by atoms with E-state index in [1.54, 1.807) is 18.6 Å². The summed E-state index contributed by atoms with van der Waals surface area (Å²) in [6.45, 7) is 2.86. The first-order chi connectivity index (χ1) is 16.9. The Hall–Kier alpha value is -3.63. The van der Waals surface area contributed by atoms with Crippen LogP contribution >= 0.6 is 0 Å². The van der Waals surface area contributed by atoms with E-state index in [1.807, 2.05) is 60.0 Å². The highest BCUT2D eigenvalue weighted by molar-refractivity contribution is 5.88. The fourth-order valence-electron chi connectivity index (χ4n) is 5.09. The molecule has 182 valence electrons. The maximum Gasteiger partial charge on any atom is 0.232 e. The Bertz CT molecular complexity index is 1240. The van der Waals surface area contributed by atoms with Crippen LogP contribution in [0.2, 0.25) is 0 Å². The van der Waals surface area contributed by atoms with Crippen molar-refractivity contribution >= 4 is 5.91 Å². The average molecular weight is 472 g/mol. The van der Waals surface area contributed by atoms with E-state index >= 15 is 0 Å². The van der Waals surface area contributed by atoms with Crippen molar-refractivity contribution in [2.24, 2.45) is 12.8 Å². The van der Waals surface area contributed by atoms with Crippen LogP contribution < -0.4 is 10.5 Å². The lowest BCUT2D eigenvalue weighted by molar-refractivity contribution is -0.135. The number of hydrogen-bond donors (Lipinski definition) is 1. The van der Waals surface area contributed by atoms with Crippen LogP contribution in [-0.4, -0.2) is 34.0 Å². The van der Waals surface area contributed by atoms with Crippen LogP contribution in [0.4, 0.5) is 0 Å². The summed E-state index contributed by atoms with van der Waals surface area (Å²) in [4.78, 5) is 19.4. The van der Waals surface area contributed by atoms with Crippen LogP contribution in [0.25, 0.3) is 0 Å². The van der Waals surface area contributed by atoms with Crippen LogP contribution in [-0.2, 0) is 23.7 Å². The number of aryl methyl sites for hydroxylation is 1. The second-order valence-electron chi connectivity index (χ2n) is 9.43. The van der Waals surface area contributed by atoms with Gasteiger partial charge in [-0.05, 0) is 61.1 Å². The monoisotopic (exact) mass is 471 g/mol. The Labute approximate surface area is 207 Å². The van der Waals surface area contributed by atoms with E-state index in [4.69, 9.17) is 10.5 Å².